The van der Waals surface area contributed by atoms with Crippen LogP contribution >= 0.6 is 0 Å². The second-order valence-electron chi connectivity index (χ2n) is 7.89. The maximum Gasteiger partial charge on any atom is 0.494 e. The summed E-state index contributed by atoms with van der Waals surface area (Å²) >= 11 is 0. The van der Waals surface area contributed by atoms with E-state index in [9.17, 15) is 4.39 Å². The van der Waals surface area contributed by atoms with Crippen molar-refractivity contribution in [1.29, 1.82) is 0 Å². The van der Waals surface area contributed by atoms with Gasteiger partial charge in [0, 0.05) is 19.6 Å². The Morgan fingerprint density at radius 2 is 1.50 bits per heavy atom. The van der Waals surface area contributed by atoms with E-state index in [-0.39, 0.29) is 18.3 Å². The van der Waals surface area contributed by atoms with Crippen LogP contribution in [0.15, 0.2) is 24.3 Å². The molecule has 120 valence electrons. The van der Waals surface area contributed by atoms with Crippen LogP contribution in [0, 0.1) is 0 Å². The third-order valence-electron chi connectivity index (χ3n) is 5.02. The average Bonchev–Trinajstić information content (AvgIpc) is 2.57. The summed E-state index contributed by atoms with van der Waals surface area (Å²) in [6, 6.07) is 8.25. The fourth-order valence-electron chi connectivity index (χ4n) is 3.02. The van der Waals surface area contributed by atoms with Crippen LogP contribution in [0.4, 0.5) is 4.39 Å². The Labute approximate surface area is 132 Å². The summed E-state index contributed by atoms with van der Waals surface area (Å²) in [4.78, 5) is 2.11. The number of nitrogens with zero attached hydrogens (tertiary/aromatic N) is 1. The zero-order valence-corrected chi connectivity index (χ0v) is 14.1. The van der Waals surface area contributed by atoms with Crippen molar-refractivity contribution in [1.82, 2.24) is 4.90 Å². The molecule has 0 N–H and O–H groups in total. The molecule has 2 aliphatic heterocycles. The van der Waals surface area contributed by atoms with E-state index in [2.05, 4.69) is 44.7 Å². The Balaban J connectivity index is 1.63. The molecule has 2 saturated heterocycles. The molecular weight excluding hydrogens is 280 g/mol. The Bertz CT molecular complexity index is 532. The number of rotatable bonds is 3. The Kier molecular flexibility index (Phi) is 3.67. The largest absolute Gasteiger partial charge is 0.494 e. The third-order valence-corrected chi connectivity index (χ3v) is 5.02. The van der Waals surface area contributed by atoms with Gasteiger partial charge in [0.05, 0.1) is 11.2 Å². The number of alkyl halides is 1. The smallest absolute Gasteiger partial charge is 0.399 e. The first-order valence-corrected chi connectivity index (χ1v) is 7.94. The van der Waals surface area contributed by atoms with Crippen molar-refractivity contribution >= 4 is 12.6 Å². The van der Waals surface area contributed by atoms with E-state index in [0.717, 1.165) is 12.0 Å². The van der Waals surface area contributed by atoms with Gasteiger partial charge in [-0.1, -0.05) is 24.3 Å². The SMILES string of the molecule is CC1(F)CN(Cc2ccc(B3OC(C)(C)C(C)(C)O3)cc2)C1. The van der Waals surface area contributed by atoms with Gasteiger partial charge in [-0.25, -0.2) is 4.39 Å². The predicted octanol–water partition coefficient (Wildman–Crippen LogP) is 2.53. The van der Waals surface area contributed by atoms with Gasteiger partial charge in [0.25, 0.3) is 0 Å². The molecule has 0 amide bonds. The van der Waals surface area contributed by atoms with E-state index in [1.165, 1.54) is 5.56 Å². The summed E-state index contributed by atoms with van der Waals surface area (Å²) in [5.41, 5.74) is 0.568. The van der Waals surface area contributed by atoms with Crippen LogP contribution in [-0.2, 0) is 15.9 Å². The fourth-order valence-corrected chi connectivity index (χ4v) is 3.02. The Morgan fingerprint density at radius 3 is 1.95 bits per heavy atom. The first kappa shape index (κ1) is 16.0. The molecule has 0 aliphatic carbocycles. The van der Waals surface area contributed by atoms with E-state index in [4.69, 9.17) is 9.31 Å². The van der Waals surface area contributed by atoms with Gasteiger partial charge in [-0.05, 0) is 45.6 Å². The fraction of sp³-hybridized carbons (Fsp3) is 0.647. The minimum atomic E-state index is -1.01. The summed E-state index contributed by atoms with van der Waals surface area (Å²) in [7, 11) is -0.322. The lowest BCUT2D eigenvalue weighted by Gasteiger charge is -2.42. The third kappa shape index (κ3) is 2.94. The van der Waals surface area contributed by atoms with Crippen LogP contribution < -0.4 is 5.46 Å². The second kappa shape index (κ2) is 5.05. The summed E-state index contributed by atoms with van der Waals surface area (Å²) in [5.74, 6) is 0. The van der Waals surface area contributed by atoms with Gasteiger partial charge in [0.2, 0.25) is 0 Å². The van der Waals surface area contributed by atoms with E-state index in [1.807, 2.05) is 12.1 Å². The van der Waals surface area contributed by atoms with Crippen LogP contribution in [0.25, 0.3) is 0 Å². The number of benzene rings is 1. The Hall–Kier alpha value is -0.905. The molecule has 2 fully saturated rings. The molecule has 0 unspecified atom stereocenters. The van der Waals surface area contributed by atoms with E-state index in [0.29, 0.717) is 13.1 Å². The van der Waals surface area contributed by atoms with Crippen LogP contribution in [0.1, 0.15) is 40.2 Å². The van der Waals surface area contributed by atoms with Crippen LogP contribution in [-0.4, -0.2) is 42.0 Å². The molecule has 3 rings (SSSR count). The predicted molar refractivity (Wildman–Crippen MR) is 86.9 cm³/mol. The molecule has 2 aliphatic rings. The van der Waals surface area contributed by atoms with E-state index in [1.54, 1.807) is 6.92 Å². The molecule has 1 aromatic carbocycles. The molecule has 0 saturated carbocycles. The van der Waals surface area contributed by atoms with Gasteiger partial charge in [0.1, 0.15) is 5.67 Å². The molecular formula is C17H25BFNO2. The van der Waals surface area contributed by atoms with Gasteiger partial charge in [-0.15, -0.1) is 0 Å². The lowest BCUT2D eigenvalue weighted by Crippen LogP contribution is -2.56. The zero-order valence-electron chi connectivity index (χ0n) is 14.1. The molecule has 2 heterocycles. The van der Waals surface area contributed by atoms with Gasteiger partial charge < -0.3 is 9.31 Å². The number of hydrogen-bond acceptors (Lipinski definition) is 3. The van der Waals surface area contributed by atoms with Crippen LogP contribution in [0.3, 0.4) is 0 Å². The molecule has 0 spiro atoms. The average molecular weight is 305 g/mol. The van der Waals surface area contributed by atoms with Crippen molar-refractivity contribution in [2.24, 2.45) is 0 Å². The maximum atomic E-state index is 13.5. The normalized spacial score (nSPS) is 26.0. The van der Waals surface area contributed by atoms with Crippen molar-refractivity contribution in [3.63, 3.8) is 0 Å². The molecule has 0 bridgehead atoms. The molecule has 5 heteroatoms. The van der Waals surface area contributed by atoms with Crippen LogP contribution in [0.2, 0.25) is 0 Å². The van der Waals surface area contributed by atoms with Crippen molar-refractivity contribution in [3.8, 4) is 0 Å². The number of halogens is 1. The summed E-state index contributed by atoms with van der Waals surface area (Å²) < 4.78 is 25.6. The van der Waals surface area contributed by atoms with Gasteiger partial charge >= 0.3 is 7.12 Å². The quantitative estimate of drug-likeness (QED) is 0.801. The highest BCUT2D eigenvalue weighted by atomic mass is 19.1. The van der Waals surface area contributed by atoms with Gasteiger partial charge in [0.15, 0.2) is 0 Å². The molecule has 0 atom stereocenters. The molecule has 1 aromatic rings. The highest BCUT2D eigenvalue weighted by Crippen LogP contribution is 2.36. The maximum absolute atomic E-state index is 13.5. The second-order valence-corrected chi connectivity index (χ2v) is 7.89. The van der Waals surface area contributed by atoms with Crippen LogP contribution in [0.5, 0.6) is 0 Å². The highest BCUT2D eigenvalue weighted by molar-refractivity contribution is 6.62. The first-order chi connectivity index (χ1) is 10.1. The van der Waals surface area contributed by atoms with Crippen molar-refractivity contribution in [2.45, 2.75) is 58.0 Å². The van der Waals surface area contributed by atoms with E-state index < -0.39 is 5.67 Å². The zero-order chi connectivity index (χ0) is 16.2. The van der Waals surface area contributed by atoms with Gasteiger partial charge in [-0.2, -0.15) is 0 Å². The molecule has 0 radical (unpaired) electrons. The molecule has 0 aromatic heterocycles. The number of likely N-dealkylation sites (tertiary alicyclic amines) is 1. The summed E-state index contributed by atoms with van der Waals surface area (Å²) in [6.07, 6.45) is 0. The lowest BCUT2D eigenvalue weighted by molar-refractivity contribution is -0.0225. The molecule has 3 nitrogen and oxygen atoms in total. The number of hydrogen-bond donors (Lipinski definition) is 0. The van der Waals surface area contributed by atoms with E-state index >= 15 is 0 Å². The van der Waals surface area contributed by atoms with Crippen molar-refractivity contribution < 1.29 is 13.7 Å². The summed E-state index contributed by atoms with van der Waals surface area (Å²) in [5, 5.41) is 0. The first-order valence-electron chi connectivity index (χ1n) is 7.94. The monoisotopic (exact) mass is 305 g/mol. The van der Waals surface area contributed by atoms with Crippen molar-refractivity contribution in [3.05, 3.63) is 29.8 Å². The van der Waals surface area contributed by atoms with Crippen molar-refractivity contribution in [2.75, 3.05) is 13.1 Å². The lowest BCUT2D eigenvalue weighted by atomic mass is 9.79. The minimum absolute atomic E-state index is 0.320. The minimum Gasteiger partial charge on any atom is -0.399 e. The molecule has 22 heavy (non-hydrogen) atoms. The Morgan fingerprint density at radius 1 is 1.00 bits per heavy atom. The van der Waals surface area contributed by atoms with Gasteiger partial charge in [-0.3, -0.25) is 4.90 Å². The summed E-state index contributed by atoms with van der Waals surface area (Å²) in [6.45, 7) is 11.7. The standard InChI is InChI=1S/C17H25BFNO2/c1-15(2)16(3,4)22-18(21-15)14-8-6-13(7-9-14)10-20-11-17(5,19)12-20/h6-9H,10-12H2,1-5H3. The topological polar surface area (TPSA) is 21.7 Å². The highest BCUT2D eigenvalue weighted by Gasteiger charge is 2.51.